The van der Waals surface area contributed by atoms with Crippen LogP contribution in [-0.2, 0) is 0 Å². The number of hydrogen-bond donors (Lipinski definition) is 2. The van der Waals surface area contributed by atoms with Crippen LogP contribution in [0, 0.1) is 6.92 Å². The highest BCUT2D eigenvalue weighted by Crippen LogP contribution is 2.36. The number of nitrogens with one attached hydrogen (secondary N) is 2. The van der Waals surface area contributed by atoms with Gasteiger partial charge in [-0.1, -0.05) is 35.3 Å². The minimum Gasteiger partial charge on any atom is -0.332 e. The van der Waals surface area contributed by atoms with Crippen LogP contribution in [0.4, 0.5) is 5.69 Å². The molecule has 2 heterocycles. The fourth-order valence-electron chi connectivity index (χ4n) is 3.36. The Labute approximate surface area is 213 Å². The van der Waals surface area contributed by atoms with E-state index in [9.17, 15) is 4.79 Å². The summed E-state index contributed by atoms with van der Waals surface area (Å²) in [6.45, 7) is 2.07. The molecule has 0 aliphatic heterocycles. The first kappa shape index (κ1) is 22.3. The van der Waals surface area contributed by atoms with Crippen LogP contribution >= 0.6 is 58.1 Å². The van der Waals surface area contributed by atoms with Gasteiger partial charge < -0.3 is 5.32 Å². The molecule has 9 heteroatoms. The van der Waals surface area contributed by atoms with Gasteiger partial charge in [0.2, 0.25) is 0 Å². The Bertz CT molecular complexity index is 1540. The molecule has 1 amide bonds. The second kappa shape index (κ2) is 9.00. The van der Waals surface area contributed by atoms with E-state index in [1.54, 1.807) is 29.5 Å². The number of benzene rings is 3. The highest BCUT2D eigenvalue weighted by Gasteiger charge is 2.18. The van der Waals surface area contributed by atoms with Crippen LogP contribution in [0.5, 0.6) is 0 Å². The maximum absolute atomic E-state index is 12.7. The van der Waals surface area contributed by atoms with Gasteiger partial charge in [0.25, 0.3) is 5.91 Å². The minimum atomic E-state index is -0.365. The summed E-state index contributed by atoms with van der Waals surface area (Å²) in [5, 5.41) is 8.65. The Morgan fingerprint density at radius 3 is 2.55 bits per heavy atom. The number of carbonyl (C=O) groups excluding carboxylic acids is 1. The summed E-state index contributed by atoms with van der Waals surface area (Å²) >= 11 is 20.7. The van der Waals surface area contributed by atoms with E-state index in [4.69, 9.17) is 40.4 Å². The van der Waals surface area contributed by atoms with Crippen molar-refractivity contribution in [3.05, 3.63) is 81.1 Å². The van der Waals surface area contributed by atoms with Crippen molar-refractivity contribution in [3.8, 4) is 10.6 Å². The third-order valence-electron chi connectivity index (χ3n) is 4.96. The third-order valence-corrected chi connectivity index (χ3v) is 8.12. The molecular weight excluding hydrogens is 513 g/mol. The van der Waals surface area contributed by atoms with E-state index in [0.29, 0.717) is 14.9 Å². The average Bonchev–Trinajstić information content (AvgIpc) is 3.34. The number of fused-ring (bicyclic) bond motifs is 2. The van der Waals surface area contributed by atoms with Crippen LogP contribution in [0.3, 0.4) is 0 Å². The topological polar surface area (TPSA) is 54.0 Å². The molecule has 0 bridgehead atoms. The van der Waals surface area contributed by atoms with Gasteiger partial charge in [-0.3, -0.25) is 10.1 Å². The van der Waals surface area contributed by atoms with Crippen molar-refractivity contribution in [1.29, 1.82) is 0 Å². The monoisotopic (exact) mass is 527 g/mol. The number of nitrogens with zero attached hydrogens (tertiary/aromatic N) is 1. The minimum absolute atomic E-state index is 0.190. The van der Waals surface area contributed by atoms with Gasteiger partial charge in [-0.15, -0.1) is 22.7 Å². The van der Waals surface area contributed by atoms with Crippen LogP contribution in [0.1, 0.15) is 15.2 Å². The number of anilines is 1. The Hall–Kier alpha value is -2.55. The number of amides is 1. The van der Waals surface area contributed by atoms with Crippen molar-refractivity contribution in [2.24, 2.45) is 0 Å². The Balaban J connectivity index is 1.28. The third kappa shape index (κ3) is 4.60. The van der Waals surface area contributed by atoms with Crippen molar-refractivity contribution < 1.29 is 4.79 Å². The first-order chi connectivity index (χ1) is 15.9. The summed E-state index contributed by atoms with van der Waals surface area (Å²) in [5.74, 6) is -0.365. The van der Waals surface area contributed by atoms with Crippen LogP contribution in [0.15, 0.2) is 60.7 Å². The normalized spacial score (nSPS) is 11.1. The van der Waals surface area contributed by atoms with Crippen LogP contribution in [-0.4, -0.2) is 16.0 Å². The average molecular weight is 529 g/mol. The van der Waals surface area contributed by atoms with Gasteiger partial charge in [-0.2, -0.15) is 0 Å². The van der Waals surface area contributed by atoms with Crippen LogP contribution in [0.2, 0.25) is 10.0 Å². The summed E-state index contributed by atoms with van der Waals surface area (Å²) in [6.07, 6.45) is 0. The van der Waals surface area contributed by atoms with E-state index in [-0.39, 0.29) is 11.0 Å². The number of rotatable bonds is 3. The molecule has 0 saturated carbocycles. The van der Waals surface area contributed by atoms with Gasteiger partial charge in [0.05, 0.1) is 15.2 Å². The summed E-state index contributed by atoms with van der Waals surface area (Å²) in [7, 11) is 0. The first-order valence-electron chi connectivity index (χ1n) is 9.85. The smallest absolute Gasteiger partial charge is 0.269 e. The van der Waals surface area contributed by atoms with E-state index < -0.39 is 0 Å². The molecule has 2 aromatic heterocycles. The molecule has 0 unspecified atom stereocenters. The lowest BCUT2D eigenvalue weighted by Gasteiger charge is -2.09. The van der Waals surface area contributed by atoms with Gasteiger partial charge >= 0.3 is 0 Å². The van der Waals surface area contributed by atoms with Crippen LogP contribution in [0.25, 0.3) is 30.9 Å². The lowest BCUT2D eigenvalue weighted by atomic mass is 10.2. The number of aryl methyl sites for hydroxylation is 1. The van der Waals surface area contributed by atoms with E-state index in [1.165, 1.54) is 21.6 Å². The molecule has 5 rings (SSSR count). The zero-order valence-corrected chi connectivity index (χ0v) is 21.1. The fourth-order valence-corrected chi connectivity index (χ4v) is 6.33. The molecule has 0 fully saturated rings. The maximum Gasteiger partial charge on any atom is 0.269 e. The second-order valence-corrected chi connectivity index (χ2v) is 10.7. The molecule has 4 nitrogen and oxygen atoms in total. The lowest BCUT2D eigenvalue weighted by Crippen LogP contribution is -2.33. The van der Waals surface area contributed by atoms with Crippen molar-refractivity contribution in [1.82, 2.24) is 10.3 Å². The predicted octanol–water partition coefficient (Wildman–Crippen LogP) is 7.92. The molecule has 2 N–H and O–H groups in total. The number of thiocarbonyl (C=S) groups is 1. The number of aromatic nitrogens is 1. The number of halogens is 2. The Morgan fingerprint density at radius 2 is 1.76 bits per heavy atom. The lowest BCUT2D eigenvalue weighted by molar-refractivity contribution is 0.0982. The predicted molar refractivity (Wildman–Crippen MR) is 145 cm³/mol. The molecule has 0 saturated heterocycles. The highest BCUT2D eigenvalue weighted by molar-refractivity contribution is 7.80. The van der Waals surface area contributed by atoms with Gasteiger partial charge in [-0.25, -0.2) is 4.98 Å². The van der Waals surface area contributed by atoms with Gasteiger partial charge in [0.15, 0.2) is 5.11 Å². The van der Waals surface area contributed by atoms with E-state index >= 15 is 0 Å². The van der Waals surface area contributed by atoms with Gasteiger partial charge in [0, 0.05) is 26.4 Å². The van der Waals surface area contributed by atoms with Gasteiger partial charge in [-0.05, 0) is 73.2 Å². The summed E-state index contributed by atoms with van der Waals surface area (Å²) in [6, 6.07) is 19.3. The Kier molecular flexibility index (Phi) is 6.07. The summed E-state index contributed by atoms with van der Waals surface area (Å²) < 4.78 is 2.01. The van der Waals surface area contributed by atoms with E-state index in [2.05, 4.69) is 29.7 Å². The maximum atomic E-state index is 12.7. The fraction of sp³-hybridized carbons (Fsp3) is 0.0417. The number of thiazole rings is 1. The molecule has 5 aromatic rings. The molecule has 0 atom stereocenters. The zero-order valence-electron chi connectivity index (χ0n) is 17.1. The summed E-state index contributed by atoms with van der Waals surface area (Å²) in [4.78, 5) is 17.8. The van der Waals surface area contributed by atoms with Gasteiger partial charge in [0.1, 0.15) is 9.88 Å². The largest absolute Gasteiger partial charge is 0.332 e. The van der Waals surface area contributed by atoms with Crippen LogP contribution < -0.4 is 10.6 Å². The first-order valence-corrected chi connectivity index (χ1v) is 12.6. The molecule has 3 aromatic carbocycles. The molecular formula is C24H15Cl2N3OS3. The van der Waals surface area contributed by atoms with E-state index in [0.717, 1.165) is 31.9 Å². The number of carbonyl (C=O) groups is 1. The standard InChI is InChI=1S/C24H15Cl2N3OS3/c1-12-2-9-17-19(10-12)33-23(28-17)13-3-6-15(7-4-13)27-24(31)29-22(30)21-20(26)16-8-5-14(25)11-18(16)32-21/h2-11H,1H3,(H2,27,29,30,31). The second-order valence-electron chi connectivity index (χ2n) is 7.36. The van der Waals surface area contributed by atoms with Crippen molar-refractivity contribution in [3.63, 3.8) is 0 Å². The SMILES string of the molecule is Cc1ccc2nc(-c3ccc(NC(=S)NC(=O)c4sc5cc(Cl)ccc5c4Cl)cc3)sc2c1. The Morgan fingerprint density at radius 1 is 0.970 bits per heavy atom. The zero-order chi connectivity index (χ0) is 23.1. The van der Waals surface area contributed by atoms with Crippen molar-refractivity contribution in [2.75, 3.05) is 5.32 Å². The molecule has 0 radical (unpaired) electrons. The number of hydrogen-bond acceptors (Lipinski definition) is 5. The molecule has 0 aliphatic rings. The molecule has 164 valence electrons. The van der Waals surface area contributed by atoms with Crippen molar-refractivity contribution >= 4 is 95.1 Å². The molecule has 0 aliphatic carbocycles. The summed E-state index contributed by atoms with van der Waals surface area (Å²) in [5.41, 5.74) is 3.99. The van der Waals surface area contributed by atoms with Crippen molar-refractivity contribution in [2.45, 2.75) is 6.92 Å². The quantitative estimate of drug-likeness (QED) is 0.234. The number of thiophene rings is 1. The highest BCUT2D eigenvalue weighted by atomic mass is 35.5. The van der Waals surface area contributed by atoms with E-state index in [1.807, 2.05) is 30.3 Å². The molecule has 33 heavy (non-hydrogen) atoms. The molecule has 0 spiro atoms.